The quantitative estimate of drug-likeness (QED) is 0.585. The molecular weight excluding hydrogens is 218 g/mol. The molecule has 0 bridgehead atoms. The molecule has 0 aliphatic carbocycles. The predicted octanol–water partition coefficient (Wildman–Crippen LogP) is 3.36. The van der Waals surface area contributed by atoms with E-state index >= 15 is 0 Å². The fraction of sp³-hybridized carbons (Fsp3) is 0.667. The third-order valence-electron chi connectivity index (χ3n) is 2.24. The zero-order chi connectivity index (χ0) is 11.8. The predicted molar refractivity (Wildman–Crippen MR) is 71.2 cm³/mol. The first-order valence-corrected chi connectivity index (χ1v) is 7.02. The van der Waals surface area contributed by atoms with Crippen molar-refractivity contribution >= 4 is 17.6 Å². The molecule has 16 heavy (non-hydrogen) atoms. The molecule has 0 spiro atoms. The zero-order valence-corrected chi connectivity index (χ0v) is 11.2. The SMILES string of the molecule is CCCNc1ncnc(SCCC)c1CC. The van der Waals surface area contributed by atoms with Crippen LogP contribution in [0.4, 0.5) is 5.82 Å². The number of nitrogens with zero attached hydrogens (tertiary/aromatic N) is 2. The minimum Gasteiger partial charge on any atom is -0.370 e. The van der Waals surface area contributed by atoms with Gasteiger partial charge < -0.3 is 5.32 Å². The Kier molecular flexibility index (Phi) is 6.23. The molecule has 1 aromatic rings. The molecular formula is C12H21N3S. The molecule has 0 unspecified atom stereocenters. The lowest BCUT2D eigenvalue weighted by Gasteiger charge is -2.11. The highest BCUT2D eigenvalue weighted by atomic mass is 32.2. The Hall–Kier alpha value is -0.770. The van der Waals surface area contributed by atoms with Crippen molar-refractivity contribution in [2.45, 2.75) is 45.1 Å². The van der Waals surface area contributed by atoms with Crippen molar-refractivity contribution < 1.29 is 0 Å². The number of aromatic nitrogens is 2. The normalized spacial score (nSPS) is 10.4. The molecule has 0 amide bonds. The molecule has 1 heterocycles. The molecule has 0 aliphatic heterocycles. The van der Waals surface area contributed by atoms with Crippen LogP contribution in [0.3, 0.4) is 0 Å². The molecule has 4 heteroatoms. The van der Waals surface area contributed by atoms with Gasteiger partial charge >= 0.3 is 0 Å². The highest BCUT2D eigenvalue weighted by molar-refractivity contribution is 7.99. The van der Waals surface area contributed by atoms with Crippen LogP contribution in [-0.2, 0) is 6.42 Å². The van der Waals surface area contributed by atoms with Crippen molar-refractivity contribution in [2.75, 3.05) is 17.6 Å². The van der Waals surface area contributed by atoms with Crippen molar-refractivity contribution in [3.05, 3.63) is 11.9 Å². The van der Waals surface area contributed by atoms with Gasteiger partial charge in [-0.25, -0.2) is 9.97 Å². The van der Waals surface area contributed by atoms with E-state index in [0.717, 1.165) is 36.0 Å². The summed E-state index contributed by atoms with van der Waals surface area (Å²) in [6.07, 6.45) is 4.94. The van der Waals surface area contributed by atoms with Gasteiger partial charge in [-0.15, -0.1) is 11.8 Å². The number of nitrogens with one attached hydrogen (secondary N) is 1. The molecule has 3 nitrogen and oxygen atoms in total. The summed E-state index contributed by atoms with van der Waals surface area (Å²) in [4.78, 5) is 8.69. The molecule has 1 aromatic heterocycles. The number of rotatable bonds is 7. The van der Waals surface area contributed by atoms with Crippen LogP contribution < -0.4 is 5.32 Å². The maximum Gasteiger partial charge on any atom is 0.133 e. The van der Waals surface area contributed by atoms with E-state index in [-0.39, 0.29) is 0 Å². The highest BCUT2D eigenvalue weighted by Crippen LogP contribution is 2.25. The van der Waals surface area contributed by atoms with Crippen LogP contribution >= 0.6 is 11.8 Å². The molecule has 0 saturated heterocycles. The Morgan fingerprint density at radius 1 is 1.19 bits per heavy atom. The zero-order valence-electron chi connectivity index (χ0n) is 10.4. The van der Waals surface area contributed by atoms with E-state index in [1.807, 2.05) is 11.8 Å². The first-order valence-electron chi connectivity index (χ1n) is 6.03. The summed E-state index contributed by atoms with van der Waals surface area (Å²) in [5, 5.41) is 4.50. The van der Waals surface area contributed by atoms with Gasteiger partial charge in [-0.05, 0) is 25.0 Å². The molecule has 1 rings (SSSR count). The summed E-state index contributed by atoms with van der Waals surface area (Å²) in [7, 11) is 0. The number of thioether (sulfide) groups is 1. The summed E-state index contributed by atoms with van der Waals surface area (Å²) < 4.78 is 0. The number of hydrogen-bond acceptors (Lipinski definition) is 4. The van der Waals surface area contributed by atoms with Crippen LogP contribution in [0.2, 0.25) is 0 Å². The van der Waals surface area contributed by atoms with Gasteiger partial charge in [0.15, 0.2) is 0 Å². The lowest BCUT2D eigenvalue weighted by molar-refractivity contribution is 0.910. The standard InChI is InChI=1S/C12H21N3S/c1-4-7-13-11-10(6-3)12(15-9-14-11)16-8-5-2/h9H,4-8H2,1-3H3,(H,13,14,15). The van der Waals surface area contributed by atoms with Crippen LogP contribution in [0, 0.1) is 0 Å². The second-order valence-electron chi connectivity index (χ2n) is 3.63. The molecule has 0 aliphatic rings. The van der Waals surface area contributed by atoms with Crippen molar-refractivity contribution in [2.24, 2.45) is 0 Å². The lowest BCUT2D eigenvalue weighted by atomic mass is 10.2. The molecule has 1 N–H and O–H groups in total. The van der Waals surface area contributed by atoms with Crippen LogP contribution in [0.1, 0.15) is 39.2 Å². The molecule has 0 radical (unpaired) electrons. The first-order chi connectivity index (χ1) is 7.83. The third kappa shape index (κ3) is 3.67. The van der Waals surface area contributed by atoms with Gasteiger partial charge in [0.05, 0.1) is 0 Å². The minimum absolute atomic E-state index is 0.974. The summed E-state index contributed by atoms with van der Waals surface area (Å²) in [5.74, 6) is 2.13. The minimum atomic E-state index is 0.974. The highest BCUT2D eigenvalue weighted by Gasteiger charge is 2.09. The maximum atomic E-state index is 4.37. The van der Waals surface area contributed by atoms with Crippen molar-refractivity contribution in [3.63, 3.8) is 0 Å². The van der Waals surface area contributed by atoms with Crippen molar-refractivity contribution in [1.29, 1.82) is 0 Å². The topological polar surface area (TPSA) is 37.8 Å². The van der Waals surface area contributed by atoms with Gasteiger partial charge in [-0.2, -0.15) is 0 Å². The smallest absolute Gasteiger partial charge is 0.133 e. The Morgan fingerprint density at radius 2 is 2.00 bits per heavy atom. The van der Waals surface area contributed by atoms with Crippen LogP contribution in [0.25, 0.3) is 0 Å². The van der Waals surface area contributed by atoms with E-state index in [1.54, 1.807) is 6.33 Å². The van der Waals surface area contributed by atoms with Crippen LogP contribution in [-0.4, -0.2) is 22.3 Å². The van der Waals surface area contributed by atoms with Crippen LogP contribution in [0.5, 0.6) is 0 Å². The molecule has 90 valence electrons. The van der Waals surface area contributed by atoms with E-state index in [1.165, 1.54) is 12.0 Å². The van der Waals surface area contributed by atoms with Crippen LogP contribution in [0.15, 0.2) is 11.4 Å². The maximum absolute atomic E-state index is 4.37. The summed E-state index contributed by atoms with van der Waals surface area (Å²) >= 11 is 1.83. The lowest BCUT2D eigenvalue weighted by Crippen LogP contribution is -2.07. The summed E-state index contributed by atoms with van der Waals surface area (Å²) in [6, 6.07) is 0. The van der Waals surface area contributed by atoms with E-state index < -0.39 is 0 Å². The van der Waals surface area contributed by atoms with E-state index in [4.69, 9.17) is 0 Å². The number of anilines is 1. The molecule has 0 atom stereocenters. The fourth-order valence-corrected chi connectivity index (χ4v) is 2.37. The van der Waals surface area contributed by atoms with Crippen molar-refractivity contribution in [3.8, 4) is 0 Å². The van der Waals surface area contributed by atoms with Gasteiger partial charge in [-0.1, -0.05) is 20.8 Å². The Bertz CT molecular complexity index is 289. The second kappa shape index (κ2) is 7.49. The van der Waals surface area contributed by atoms with E-state index in [2.05, 4.69) is 36.1 Å². The van der Waals surface area contributed by atoms with E-state index in [9.17, 15) is 0 Å². The average Bonchev–Trinajstić information content (AvgIpc) is 2.33. The summed E-state index contributed by atoms with van der Waals surface area (Å²) in [5.41, 5.74) is 1.26. The van der Waals surface area contributed by atoms with Gasteiger partial charge in [0.1, 0.15) is 17.2 Å². The Morgan fingerprint density at radius 3 is 2.62 bits per heavy atom. The van der Waals surface area contributed by atoms with Gasteiger partial charge in [0.25, 0.3) is 0 Å². The first kappa shape index (κ1) is 13.3. The third-order valence-corrected chi connectivity index (χ3v) is 3.48. The van der Waals surface area contributed by atoms with E-state index in [0.29, 0.717) is 0 Å². The molecule has 0 aromatic carbocycles. The Labute approximate surface area is 102 Å². The summed E-state index contributed by atoms with van der Waals surface area (Å²) in [6.45, 7) is 7.48. The van der Waals surface area contributed by atoms with Gasteiger partial charge in [0, 0.05) is 12.1 Å². The van der Waals surface area contributed by atoms with Crippen molar-refractivity contribution in [1.82, 2.24) is 9.97 Å². The van der Waals surface area contributed by atoms with Gasteiger partial charge in [0.2, 0.25) is 0 Å². The fourth-order valence-electron chi connectivity index (χ4n) is 1.43. The van der Waals surface area contributed by atoms with Gasteiger partial charge in [-0.3, -0.25) is 0 Å². The monoisotopic (exact) mass is 239 g/mol. The largest absolute Gasteiger partial charge is 0.370 e. The second-order valence-corrected chi connectivity index (χ2v) is 4.72. The number of hydrogen-bond donors (Lipinski definition) is 1. The Balaban J connectivity index is 2.82. The average molecular weight is 239 g/mol. The molecule has 0 saturated carbocycles. The molecule has 0 fully saturated rings.